The lowest BCUT2D eigenvalue weighted by Crippen LogP contribution is -2.62. The highest BCUT2D eigenvalue weighted by Gasteiger charge is 2.38. The molecule has 2 unspecified atom stereocenters. The average Bonchev–Trinajstić information content (AvgIpc) is 2.94. The third-order valence-corrected chi connectivity index (χ3v) is 9.70. The van der Waals surface area contributed by atoms with E-state index in [0.29, 0.717) is 25.2 Å². The van der Waals surface area contributed by atoms with Crippen molar-refractivity contribution in [1.82, 2.24) is 21.3 Å². The van der Waals surface area contributed by atoms with Crippen molar-refractivity contribution in [3.05, 3.63) is 59.7 Å². The quantitative estimate of drug-likeness (QED) is 0.164. The van der Waals surface area contributed by atoms with Gasteiger partial charge in [0.05, 0.1) is 0 Å². The van der Waals surface area contributed by atoms with Crippen LogP contribution in [0.1, 0.15) is 106 Å². The smallest absolute Gasteiger partial charge is 0.119 e. The monoisotopic (exact) mass is 652 g/mol. The van der Waals surface area contributed by atoms with E-state index in [0.717, 1.165) is 37.2 Å². The molecule has 0 saturated carbocycles. The number of aliphatic hydroxyl groups is 2. The van der Waals surface area contributed by atoms with E-state index >= 15 is 0 Å². The summed E-state index contributed by atoms with van der Waals surface area (Å²) in [5.74, 6) is 1.49. The molecule has 0 aliphatic carbocycles. The third kappa shape index (κ3) is 11.4. The molecule has 0 radical (unpaired) electrons. The van der Waals surface area contributed by atoms with Crippen LogP contribution in [0.25, 0.3) is 0 Å². The molecule has 2 heterocycles. The Hall–Kier alpha value is -2.20. The molecule has 0 spiro atoms. The molecule has 2 aromatic rings. The molecule has 8 heteroatoms. The first kappa shape index (κ1) is 37.6. The summed E-state index contributed by atoms with van der Waals surface area (Å²) in [4.78, 5) is 0. The van der Waals surface area contributed by atoms with Crippen LogP contribution in [0.5, 0.6) is 11.5 Å². The summed E-state index contributed by atoms with van der Waals surface area (Å²) in [6, 6.07) is 17.0. The molecule has 2 aliphatic rings. The predicted octanol–water partition coefficient (Wildman–Crippen LogP) is 5.29. The van der Waals surface area contributed by atoms with Crippen molar-refractivity contribution in [3.63, 3.8) is 0 Å². The summed E-state index contributed by atoms with van der Waals surface area (Å²) in [5.41, 5.74) is 2.37. The Morgan fingerprint density at radius 1 is 0.617 bits per heavy atom. The molecule has 2 atom stereocenters. The Labute approximate surface area is 284 Å². The lowest BCUT2D eigenvalue weighted by Gasteiger charge is -2.47. The first-order valence-corrected chi connectivity index (χ1v) is 17.6. The van der Waals surface area contributed by atoms with Crippen molar-refractivity contribution in [2.24, 2.45) is 0 Å². The number of benzene rings is 2. The van der Waals surface area contributed by atoms with Crippen LogP contribution in [0.15, 0.2) is 48.5 Å². The number of nitrogens with one attached hydrogen (secondary N) is 4. The van der Waals surface area contributed by atoms with Crippen LogP contribution in [0.3, 0.4) is 0 Å². The van der Waals surface area contributed by atoms with Gasteiger partial charge in [-0.25, -0.2) is 0 Å². The molecule has 2 aromatic carbocycles. The molecular formula is C39H64N4O4. The first-order chi connectivity index (χ1) is 21.7. The van der Waals surface area contributed by atoms with Gasteiger partial charge in [0, 0.05) is 52.7 Å². The minimum Gasteiger partial charge on any atom is -0.491 e. The second kappa shape index (κ2) is 14.7. The van der Waals surface area contributed by atoms with Crippen molar-refractivity contribution >= 4 is 0 Å². The highest BCUT2D eigenvalue weighted by atomic mass is 16.5. The maximum absolute atomic E-state index is 10.6. The van der Waals surface area contributed by atoms with Crippen LogP contribution in [0.4, 0.5) is 0 Å². The van der Waals surface area contributed by atoms with Crippen molar-refractivity contribution in [3.8, 4) is 11.5 Å². The van der Waals surface area contributed by atoms with Crippen LogP contribution in [-0.4, -0.2) is 83.0 Å². The van der Waals surface area contributed by atoms with Crippen LogP contribution >= 0.6 is 0 Å². The average molecular weight is 653 g/mol. The van der Waals surface area contributed by atoms with Gasteiger partial charge in [-0.3, -0.25) is 0 Å². The lowest BCUT2D eigenvalue weighted by atomic mass is 9.78. The normalized spacial score (nSPS) is 22.4. The Balaban J connectivity index is 1.20. The number of aliphatic hydroxyl groups excluding tert-OH is 2. The van der Waals surface area contributed by atoms with Gasteiger partial charge >= 0.3 is 0 Å². The van der Waals surface area contributed by atoms with Gasteiger partial charge in [0.2, 0.25) is 0 Å². The van der Waals surface area contributed by atoms with E-state index in [1.54, 1.807) is 0 Å². The van der Waals surface area contributed by atoms with Crippen molar-refractivity contribution in [2.75, 3.05) is 26.3 Å². The van der Waals surface area contributed by atoms with Gasteiger partial charge < -0.3 is 41.0 Å². The second-order valence-corrected chi connectivity index (χ2v) is 17.4. The molecule has 6 N–H and O–H groups in total. The molecule has 4 rings (SSSR count). The second-order valence-electron chi connectivity index (χ2n) is 17.4. The number of hydrogen-bond acceptors (Lipinski definition) is 8. The number of hydrogen-bond donors (Lipinski definition) is 6. The predicted molar refractivity (Wildman–Crippen MR) is 193 cm³/mol. The van der Waals surface area contributed by atoms with Crippen LogP contribution in [0, 0.1) is 0 Å². The van der Waals surface area contributed by atoms with E-state index in [2.05, 4.69) is 115 Å². The molecule has 2 fully saturated rings. The van der Waals surface area contributed by atoms with Gasteiger partial charge in [0.1, 0.15) is 36.9 Å². The van der Waals surface area contributed by atoms with E-state index in [9.17, 15) is 10.2 Å². The molecule has 0 aromatic heterocycles. The maximum atomic E-state index is 10.6. The van der Waals surface area contributed by atoms with E-state index in [1.807, 2.05) is 24.3 Å². The molecule has 0 bridgehead atoms. The minimum absolute atomic E-state index is 0.0655. The fraction of sp³-hybridized carbons (Fsp3) is 0.692. The lowest BCUT2D eigenvalue weighted by molar-refractivity contribution is 0.0901. The van der Waals surface area contributed by atoms with Gasteiger partial charge in [0.25, 0.3) is 0 Å². The maximum Gasteiger partial charge on any atom is 0.119 e. The topological polar surface area (TPSA) is 107 Å². The summed E-state index contributed by atoms with van der Waals surface area (Å²) >= 11 is 0. The highest BCUT2D eigenvalue weighted by Crippen LogP contribution is 2.34. The van der Waals surface area contributed by atoms with E-state index in [-0.39, 0.29) is 40.8 Å². The molecule has 264 valence electrons. The van der Waals surface area contributed by atoms with Crippen molar-refractivity contribution in [2.45, 2.75) is 147 Å². The Bertz CT molecular complexity index is 1140. The Morgan fingerprint density at radius 2 is 0.915 bits per heavy atom. The van der Waals surface area contributed by atoms with Gasteiger partial charge in [-0.15, -0.1) is 0 Å². The zero-order valence-corrected chi connectivity index (χ0v) is 30.8. The van der Waals surface area contributed by atoms with E-state index < -0.39 is 12.2 Å². The minimum atomic E-state index is -0.584. The molecule has 2 saturated heterocycles. The number of rotatable bonds is 14. The van der Waals surface area contributed by atoms with Gasteiger partial charge in [0.15, 0.2) is 0 Å². The van der Waals surface area contributed by atoms with Gasteiger partial charge in [-0.1, -0.05) is 38.1 Å². The number of ether oxygens (including phenoxy) is 2. The first-order valence-electron chi connectivity index (χ1n) is 17.6. The SMILES string of the molecule is CC1(C)CC(NCC(O)COc2ccc(C(C)(C)c3ccc(OCC(O)CNC4CC(C)(C)NC(C)(C)C4)cc3)cc2)CC(C)(C)N1. The Kier molecular flexibility index (Phi) is 11.8. The largest absolute Gasteiger partial charge is 0.491 e. The molecule has 8 nitrogen and oxygen atoms in total. The van der Waals surface area contributed by atoms with Gasteiger partial charge in [-0.05, 0) is 116 Å². The molecule has 47 heavy (non-hydrogen) atoms. The number of piperidine rings is 2. The van der Waals surface area contributed by atoms with Gasteiger partial charge in [-0.2, -0.15) is 0 Å². The van der Waals surface area contributed by atoms with Crippen molar-refractivity contribution < 1.29 is 19.7 Å². The molecule has 0 amide bonds. The Morgan fingerprint density at radius 3 is 1.21 bits per heavy atom. The summed E-state index contributed by atoms with van der Waals surface area (Å²) < 4.78 is 11.9. The summed E-state index contributed by atoms with van der Waals surface area (Å²) in [5, 5.41) is 35.7. The molecular weight excluding hydrogens is 588 g/mol. The third-order valence-electron chi connectivity index (χ3n) is 9.70. The fourth-order valence-electron chi connectivity index (χ4n) is 8.14. The summed E-state index contributed by atoms with van der Waals surface area (Å²) in [7, 11) is 0. The fourth-order valence-corrected chi connectivity index (χ4v) is 8.14. The molecule has 2 aliphatic heterocycles. The summed E-state index contributed by atoms with van der Waals surface area (Å²) in [6.45, 7) is 23.8. The van der Waals surface area contributed by atoms with E-state index in [1.165, 1.54) is 11.1 Å². The van der Waals surface area contributed by atoms with Crippen LogP contribution in [0.2, 0.25) is 0 Å². The highest BCUT2D eigenvalue weighted by molar-refractivity contribution is 5.41. The van der Waals surface area contributed by atoms with Crippen molar-refractivity contribution in [1.29, 1.82) is 0 Å². The van der Waals surface area contributed by atoms with Crippen LogP contribution < -0.4 is 30.7 Å². The van der Waals surface area contributed by atoms with Crippen LogP contribution in [-0.2, 0) is 5.41 Å². The van der Waals surface area contributed by atoms with E-state index in [4.69, 9.17) is 9.47 Å². The zero-order valence-electron chi connectivity index (χ0n) is 30.8. The summed E-state index contributed by atoms with van der Waals surface area (Å²) in [6.07, 6.45) is 2.92. The standard InChI is InChI=1S/C39H64N4O4/c1-35(2)19-29(20-36(3,4)42-35)40-23-31(44)25-46-33-15-11-27(12-16-33)39(9,10)28-13-17-34(18-14-28)47-26-32(45)24-41-30-21-37(5,6)43-38(7,8)22-30/h11-18,29-32,40-45H,19-26H2,1-10H3. The zero-order chi connectivity index (χ0) is 34.7.